The van der Waals surface area contributed by atoms with Crippen molar-refractivity contribution in [3.63, 3.8) is 0 Å². The molecule has 1 amide bonds. The van der Waals surface area contributed by atoms with Crippen molar-refractivity contribution in [3.8, 4) is 0 Å². The number of hydrogen-bond donors (Lipinski definition) is 3. The number of para-hydroxylation sites is 1. The van der Waals surface area contributed by atoms with Crippen LogP contribution in [0.1, 0.15) is 10.4 Å². The Labute approximate surface area is 74.5 Å². The number of aromatic nitrogens is 1. The van der Waals surface area contributed by atoms with E-state index < -0.39 is 5.91 Å². The van der Waals surface area contributed by atoms with Gasteiger partial charge in [0, 0.05) is 11.6 Å². The fraction of sp³-hybridized carbons (Fsp3) is 0. The lowest BCUT2D eigenvalue weighted by Crippen LogP contribution is -2.09. The van der Waals surface area contributed by atoms with E-state index in [2.05, 4.69) is 4.98 Å². The van der Waals surface area contributed by atoms with Gasteiger partial charge in [-0.3, -0.25) is 4.79 Å². The van der Waals surface area contributed by atoms with Crippen LogP contribution >= 0.6 is 0 Å². The number of nitrogen functional groups attached to an aromatic ring is 1. The highest BCUT2D eigenvalue weighted by molar-refractivity contribution is 6.08. The van der Waals surface area contributed by atoms with E-state index in [4.69, 9.17) is 11.5 Å². The van der Waals surface area contributed by atoms with Gasteiger partial charge in [0.05, 0.1) is 16.8 Å². The molecule has 0 aliphatic carbocycles. The van der Waals surface area contributed by atoms with Gasteiger partial charge in [0.2, 0.25) is 0 Å². The first-order valence-corrected chi connectivity index (χ1v) is 3.85. The van der Waals surface area contributed by atoms with Crippen LogP contribution in [0.4, 0.5) is 5.69 Å². The Bertz CT molecular complexity index is 473. The lowest BCUT2D eigenvalue weighted by atomic mass is 10.1. The second-order valence-electron chi connectivity index (χ2n) is 2.84. The number of aromatic amines is 1. The van der Waals surface area contributed by atoms with Crippen LogP contribution in [0.15, 0.2) is 24.4 Å². The molecule has 66 valence electrons. The van der Waals surface area contributed by atoms with Crippen LogP contribution in [0.25, 0.3) is 10.9 Å². The zero-order chi connectivity index (χ0) is 9.42. The molecule has 0 radical (unpaired) electrons. The molecule has 0 spiro atoms. The number of amides is 1. The molecular formula is C9H9N3O. The highest BCUT2D eigenvalue weighted by atomic mass is 16.1. The van der Waals surface area contributed by atoms with Gasteiger partial charge in [-0.2, -0.15) is 0 Å². The summed E-state index contributed by atoms with van der Waals surface area (Å²) in [6, 6.07) is 5.36. The number of H-pyrrole nitrogens is 1. The zero-order valence-corrected chi connectivity index (χ0v) is 6.87. The van der Waals surface area contributed by atoms with Crippen LogP contribution in [0.2, 0.25) is 0 Å². The summed E-state index contributed by atoms with van der Waals surface area (Å²) in [6.07, 6.45) is 1.57. The van der Waals surface area contributed by atoms with E-state index in [9.17, 15) is 4.79 Å². The van der Waals surface area contributed by atoms with Gasteiger partial charge in [-0.05, 0) is 6.07 Å². The molecule has 1 heterocycles. The SMILES string of the molecule is NC(=O)c1c[nH]c2c(N)cccc12. The summed E-state index contributed by atoms with van der Waals surface area (Å²) in [6.45, 7) is 0. The third kappa shape index (κ3) is 1.03. The summed E-state index contributed by atoms with van der Waals surface area (Å²) in [7, 11) is 0. The molecule has 1 aromatic carbocycles. The minimum absolute atomic E-state index is 0.447. The Morgan fingerprint density at radius 2 is 2.15 bits per heavy atom. The van der Waals surface area contributed by atoms with E-state index in [1.54, 1.807) is 18.3 Å². The van der Waals surface area contributed by atoms with Crippen molar-refractivity contribution in [2.24, 2.45) is 5.73 Å². The first-order valence-electron chi connectivity index (χ1n) is 3.85. The second kappa shape index (κ2) is 2.52. The number of primary amides is 1. The fourth-order valence-corrected chi connectivity index (χ4v) is 1.38. The van der Waals surface area contributed by atoms with Crippen molar-refractivity contribution in [3.05, 3.63) is 30.0 Å². The molecule has 0 unspecified atom stereocenters. The molecule has 13 heavy (non-hydrogen) atoms. The van der Waals surface area contributed by atoms with Gasteiger partial charge < -0.3 is 16.5 Å². The van der Waals surface area contributed by atoms with E-state index in [-0.39, 0.29) is 0 Å². The van der Waals surface area contributed by atoms with Crippen LogP contribution in [0, 0.1) is 0 Å². The summed E-state index contributed by atoms with van der Waals surface area (Å²) in [5, 5.41) is 0.771. The van der Waals surface area contributed by atoms with Gasteiger partial charge in [-0.1, -0.05) is 12.1 Å². The summed E-state index contributed by atoms with van der Waals surface area (Å²) < 4.78 is 0. The maximum absolute atomic E-state index is 10.9. The maximum Gasteiger partial charge on any atom is 0.250 e. The zero-order valence-electron chi connectivity index (χ0n) is 6.87. The van der Waals surface area contributed by atoms with Crippen LogP contribution in [-0.2, 0) is 0 Å². The van der Waals surface area contributed by atoms with Gasteiger partial charge in [0.15, 0.2) is 0 Å². The number of carbonyl (C=O) groups is 1. The molecule has 0 aliphatic rings. The first-order chi connectivity index (χ1) is 6.20. The third-order valence-corrected chi connectivity index (χ3v) is 2.01. The van der Waals surface area contributed by atoms with Crippen LogP contribution in [-0.4, -0.2) is 10.9 Å². The van der Waals surface area contributed by atoms with Crippen LogP contribution < -0.4 is 11.5 Å². The van der Waals surface area contributed by atoms with Crippen molar-refractivity contribution in [1.29, 1.82) is 0 Å². The second-order valence-corrected chi connectivity index (χ2v) is 2.84. The minimum Gasteiger partial charge on any atom is -0.397 e. The largest absolute Gasteiger partial charge is 0.397 e. The highest BCUT2D eigenvalue weighted by Crippen LogP contribution is 2.22. The molecule has 1 aromatic heterocycles. The van der Waals surface area contributed by atoms with E-state index >= 15 is 0 Å². The fourth-order valence-electron chi connectivity index (χ4n) is 1.38. The molecule has 2 aromatic rings. The molecule has 4 heteroatoms. The number of carbonyl (C=O) groups excluding carboxylic acids is 1. The van der Waals surface area contributed by atoms with Gasteiger partial charge in [-0.25, -0.2) is 0 Å². The van der Waals surface area contributed by atoms with Gasteiger partial charge in [-0.15, -0.1) is 0 Å². The standard InChI is InChI=1S/C9H9N3O/c10-7-3-1-2-5-6(9(11)13)4-12-8(5)7/h1-4,12H,10H2,(H2,11,13). The van der Waals surface area contributed by atoms with E-state index in [0.29, 0.717) is 11.3 Å². The molecule has 0 fully saturated rings. The molecule has 5 N–H and O–H groups in total. The summed E-state index contributed by atoms with van der Waals surface area (Å²) in [5.74, 6) is -0.447. The quantitative estimate of drug-likeness (QED) is 0.561. The van der Waals surface area contributed by atoms with Crippen LogP contribution in [0.3, 0.4) is 0 Å². The summed E-state index contributed by atoms with van der Waals surface area (Å²) >= 11 is 0. The normalized spacial score (nSPS) is 10.5. The van der Waals surface area contributed by atoms with Gasteiger partial charge in [0.1, 0.15) is 0 Å². The smallest absolute Gasteiger partial charge is 0.250 e. The predicted octanol–water partition coefficient (Wildman–Crippen LogP) is 0.849. The minimum atomic E-state index is -0.447. The van der Waals surface area contributed by atoms with Crippen molar-refractivity contribution in [2.75, 3.05) is 5.73 Å². The summed E-state index contributed by atoms with van der Waals surface area (Å²) in [4.78, 5) is 13.9. The van der Waals surface area contributed by atoms with Crippen LogP contribution in [0.5, 0.6) is 0 Å². The number of rotatable bonds is 1. The lowest BCUT2D eigenvalue weighted by molar-refractivity contribution is 0.100. The van der Waals surface area contributed by atoms with Crippen molar-refractivity contribution in [1.82, 2.24) is 4.98 Å². The Hall–Kier alpha value is -1.97. The van der Waals surface area contributed by atoms with Crippen molar-refractivity contribution < 1.29 is 4.79 Å². The van der Waals surface area contributed by atoms with Gasteiger partial charge in [0.25, 0.3) is 5.91 Å². The monoisotopic (exact) mass is 175 g/mol. The number of fused-ring (bicyclic) bond motifs is 1. The van der Waals surface area contributed by atoms with E-state index in [1.165, 1.54) is 0 Å². The van der Waals surface area contributed by atoms with E-state index in [1.807, 2.05) is 6.07 Å². The molecule has 2 rings (SSSR count). The molecule has 4 nitrogen and oxygen atoms in total. The molecule has 0 bridgehead atoms. The number of hydrogen-bond acceptors (Lipinski definition) is 2. The predicted molar refractivity (Wildman–Crippen MR) is 51.2 cm³/mol. The molecule has 0 atom stereocenters. The number of benzene rings is 1. The van der Waals surface area contributed by atoms with Crippen molar-refractivity contribution >= 4 is 22.5 Å². The molecular weight excluding hydrogens is 166 g/mol. The Morgan fingerprint density at radius 1 is 1.38 bits per heavy atom. The number of nitrogens with two attached hydrogens (primary N) is 2. The molecule has 0 saturated carbocycles. The van der Waals surface area contributed by atoms with E-state index in [0.717, 1.165) is 10.9 Å². The first kappa shape index (κ1) is 7.67. The Kier molecular flexibility index (Phi) is 1.48. The topological polar surface area (TPSA) is 84.9 Å². The average molecular weight is 175 g/mol. The Balaban J connectivity index is 2.83. The highest BCUT2D eigenvalue weighted by Gasteiger charge is 2.08. The number of nitrogens with one attached hydrogen (secondary N) is 1. The Morgan fingerprint density at radius 3 is 2.85 bits per heavy atom. The number of anilines is 1. The lowest BCUT2D eigenvalue weighted by Gasteiger charge is -1.95. The van der Waals surface area contributed by atoms with Crippen molar-refractivity contribution in [2.45, 2.75) is 0 Å². The molecule has 0 saturated heterocycles. The summed E-state index contributed by atoms with van der Waals surface area (Å²) in [5.41, 5.74) is 12.7. The third-order valence-electron chi connectivity index (χ3n) is 2.01. The maximum atomic E-state index is 10.9. The average Bonchev–Trinajstić information content (AvgIpc) is 2.48. The van der Waals surface area contributed by atoms with Gasteiger partial charge >= 0.3 is 0 Å². The molecule has 0 aliphatic heterocycles.